The highest BCUT2D eigenvalue weighted by Crippen LogP contribution is 2.31. The highest BCUT2D eigenvalue weighted by molar-refractivity contribution is 5.84. The molecule has 1 aliphatic heterocycles. The summed E-state index contributed by atoms with van der Waals surface area (Å²) < 4.78 is 9.17. The van der Waals surface area contributed by atoms with Gasteiger partial charge in [0.05, 0.1) is 41.2 Å². The molecule has 6 rings (SSSR count). The Bertz CT molecular complexity index is 1690. The number of aromatic nitrogens is 6. The largest absolute Gasteiger partial charge is 0.423 e. The molecule has 3 aromatic heterocycles. The molecule has 0 saturated carbocycles. The van der Waals surface area contributed by atoms with Crippen LogP contribution in [0.3, 0.4) is 0 Å². The summed E-state index contributed by atoms with van der Waals surface area (Å²) in [7, 11) is 0. The second-order valence-electron chi connectivity index (χ2n) is 9.60. The molecule has 0 spiro atoms. The van der Waals surface area contributed by atoms with E-state index in [1.807, 2.05) is 59.3 Å². The molecule has 0 fully saturated rings. The van der Waals surface area contributed by atoms with Crippen LogP contribution in [0.15, 0.2) is 82.5 Å². The van der Waals surface area contributed by atoms with Gasteiger partial charge in [0.25, 0.3) is 11.4 Å². The lowest BCUT2D eigenvalue weighted by atomic mass is 10.0. The molecule has 3 N–H and O–H groups in total. The molecular formula is C27H26N8O3. The molecular weight excluding hydrogens is 484 g/mol. The fourth-order valence-electron chi connectivity index (χ4n) is 4.84. The van der Waals surface area contributed by atoms with Gasteiger partial charge in [-0.3, -0.25) is 9.48 Å². The minimum atomic E-state index is -0.424. The summed E-state index contributed by atoms with van der Waals surface area (Å²) >= 11 is 0. The lowest BCUT2D eigenvalue weighted by Gasteiger charge is -2.30. The molecule has 0 radical (unpaired) electrons. The summed E-state index contributed by atoms with van der Waals surface area (Å²) in [6.45, 7) is 4.51. The molecule has 0 bridgehead atoms. The maximum atomic E-state index is 13.0. The zero-order valence-corrected chi connectivity index (χ0v) is 20.9. The van der Waals surface area contributed by atoms with Gasteiger partial charge in [0, 0.05) is 11.9 Å². The van der Waals surface area contributed by atoms with Gasteiger partial charge in [-0.1, -0.05) is 42.5 Å². The second-order valence-corrected chi connectivity index (χ2v) is 9.60. The van der Waals surface area contributed by atoms with E-state index in [9.17, 15) is 9.90 Å². The predicted molar refractivity (Wildman–Crippen MR) is 143 cm³/mol. The fourth-order valence-corrected chi connectivity index (χ4v) is 4.84. The Labute approximate surface area is 217 Å². The molecule has 0 aliphatic carbocycles. The van der Waals surface area contributed by atoms with Crippen LogP contribution in [0.25, 0.3) is 22.4 Å². The van der Waals surface area contributed by atoms with Crippen LogP contribution in [-0.4, -0.2) is 41.2 Å². The molecule has 5 aromatic rings. The molecule has 4 heterocycles. The minimum absolute atomic E-state index is 0.0217. The minimum Gasteiger partial charge on any atom is -0.423 e. The van der Waals surface area contributed by atoms with Gasteiger partial charge in [-0.05, 0) is 37.6 Å². The van der Waals surface area contributed by atoms with Crippen molar-refractivity contribution in [2.75, 3.05) is 17.2 Å². The van der Waals surface area contributed by atoms with Crippen LogP contribution in [0.4, 0.5) is 17.5 Å². The van der Waals surface area contributed by atoms with Gasteiger partial charge in [-0.15, -0.1) is 10.2 Å². The van der Waals surface area contributed by atoms with E-state index in [0.29, 0.717) is 29.3 Å². The summed E-state index contributed by atoms with van der Waals surface area (Å²) in [5, 5.41) is 25.1. The molecule has 38 heavy (non-hydrogen) atoms. The van der Waals surface area contributed by atoms with Crippen molar-refractivity contribution in [3.63, 3.8) is 0 Å². The van der Waals surface area contributed by atoms with Crippen molar-refractivity contribution >= 4 is 28.4 Å². The van der Waals surface area contributed by atoms with Gasteiger partial charge in [-0.25, -0.2) is 9.67 Å². The van der Waals surface area contributed by atoms with Gasteiger partial charge in [0.15, 0.2) is 0 Å². The zero-order valence-electron chi connectivity index (χ0n) is 20.9. The topological polar surface area (TPSA) is 136 Å². The molecule has 1 aliphatic rings. The number of hydrogen-bond acceptors (Lipinski definition) is 9. The maximum absolute atomic E-state index is 13.0. The first-order chi connectivity index (χ1) is 18.4. The smallest absolute Gasteiger partial charge is 0.274 e. The predicted octanol–water partition coefficient (Wildman–Crippen LogP) is 3.84. The number of aliphatic hydroxyl groups is 1. The van der Waals surface area contributed by atoms with Gasteiger partial charge in [0.2, 0.25) is 12.3 Å². The third-order valence-electron chi connectivity index (χ3n) is 6.61. The van der Waals surface area contributed by atoms with Crippen LogP contribution in [0.2, 0.25) is 0 Å². The lowest BCUT2D eigenvalue weighted by molar-refractivity contribution is 0.276. The Morgan fingerprint density at radius 2 is 2.03 bits per heavy atom. The lowest BCUT2D eigenvalue weighted by Crippen LogP contribution is -2.36. The number of nitrogens with zero attached hydrogens (tertiary/aromatic N) is 6. The van der Waals surface area contributed by atoms with Crippen molar-refractivity contribution in [2.24, 2.45) is 0 Å². The number of fused-ring (bicyclic) bond motifs is 3. The highest BCUT2D eigenvalue weighted by atomic mass is 16.4. The summed E-state index contributed by atoms with van der Waals surface area (Å²) in [6, 6.07) is 14.7. The van der Waals surface area contributed by atoms with Crippen molar-refractivity contribution in [3.05, 3.63) is 89.2 Å². The summed E-state index contributed by atoms with van der Waals surface area (Å²) in [6.07, 6.45) is 6.94. The molecule has 0 saturated heterocycles. The standard InChI is InChI=1S/C27H26N8O3/c1-27(2)11-6-12-34-25(37)19-10-9-18(13-22(19)35(27)34)30-26-28-14-20(24-33-29-16-38-24)23(32-26)31-21(15-36)17-7-4-3-5-8-17/h3-11,13-14,16,21,36H,12,15H2,1-2H3,(H2,28,30,31,32)/t21-/m1/s1. The van der Waals surface area contributed by atoms with E-state index in [2.05, 4.69) is 50.7 Å². The van der Waals surface area contributed by atoms with Crippen LogP contribution in [0.1, 0.15) is 25.5 Å². The van der Waals surface area contributed by atoms with E-state index >= 15 is 0 Å². The first-order valence-electron chi connectivity index (χ1n) is 12.2. The fraction of sp³-hybridized carbons (Fsp3) is 0.222. The number of nitrogens with one attached hydrogen (secondary N) is 2. The van der Waals surface area contributed by atoms with Crippen LogP contribution in [0.5, 0.6) is 0 Å². The van der Waals surface area contributed by atoms with Crippen molar-refractivity contribution in [2.45, 2.75) is 32.0 Å². The summed E-state index contributed by atoms with van der Waals surface area (Å²) in [4.78, 5) is 22.1. The molecule has 11 heteroatoms. The Morgan fingerprint density at radius 3 is 2.79 bits per heavy atom. The molecule has 0 unspecified atom stereocenters. The summed E-state index contributed by atoms with van der Waals surface area (Å²) in [5.41, 5.74) is 2.56. The van der Waals surface area contributed by atoms with E-state index in [-0.39, 0.29) is 23.6 Å². The van der Waals surface area contributed by atoms with Crippen molar-refractivity contribution < 1.29 is 9.52 Å². The molecule has 192 valence electrons. The molecule has 11 nitrogen and oxygen atoms in total. The van der Waals surface area contributed by atoms with E-state index in [1.54, 1.807) is 10.9 Å². The molecule has 1 atom stereocenters. The average molecular weight is 511 g/mol. The van der Waals surface area contributed by atoms with Gasteiger partial charge >= 0.3 is 0 Å². The maximum Gasteiger partial charge on any atom is 0.274 e. The monoisotopic (exact) mass is 510 g/mol. The van der Waals surface area contributed by atoms with Gasteiger partial charge < -0.3 is 20.2 Å². The van der Waals surface area contributed by atoms with E-state index in [4.69, 9.17) is 4.42 Å². The first-order valence-corrected chi connectivity index (χ1v) is 12.2. The first kappa shape index (κ1) is 23.6. The van der Waals surface area contributed by atoms with Gasteiger partial charge in [0.1, 0.15) is 5.82 Å². The van der Waals surface area contributed by atoms with Crippen molar-refractivity contribution in [1.29, 1.82) is 0 Å². The third kappa shape index (κ3) is 4.12. The SMILES string of the molecule is CC1(C)C=CCn2c(=O)c3ccc(Nc4ncc(-c5nnco5)c(N[C@H](CO)c5ccccc5)n4)cc3n21. The Balaban J connectivity index is 1.38. The average Bonchev–Trinajstić information content (AvgIpc) is 3.55. The van der Waals surface area contributed by atoms with Crippen LogP contribution >= 0.6 is 0 Å². The number of rotatable bonds is 7. The van der Waals surface area contributed by atoms with Crippen LogP contribution in [0, 0.1) is 0 Å². The quantitative estimate of drug-likeness (QED) is 0.279. The number of anilines is 3. The Kier molecular flexibility index (Phi) is 5.76. The number of allylic oxidation sites excluding steroid dienone is 2. The Morgan fingerprint density at radius 1 is 1.18 bits per heavy atom. The van der Waals surface area contributed by atoms with Crippen LogP contribution < -0.4 is 16.2 Å². The highest BCUT2D eigenvalue weighted by Gasteiger charge is 2.27. The number of hydrogen-bond donors (Lipinski definition) is 3. The van der Waals surface area contributed by atoms with Crippen molar-refractivity contribution in [1.82, 2.24) is 29.5 Å². The van der Waals surface area contributed by atoms with Gasteiger partial charge in [-0.2, -0.15) is 4.98 Å². The summed E-state index contributed by atoms with van der Waals surface area (Å²) in [5.74, 6) is 0.985. The molecule has 0 amide bonds. The normalized spacial score (nSPS) is 14.8. The third-order valence-corrected chi connectivity index (χ3v) is 6.61. The second kappa shape index (κ2) is 9.27. The van der Waals surface area contributed by atoms with Crippen LogP contribution in [-0.2, 0) is 12.1 Å². The molecule has 2 aromatic carbocycles. The van der Waals surface area contributed by atoms with E-state index in [1.165, 1.54) is 6.39 Å². The van der Waals surface area contributed by atoms with E-state index in [0.717, 1.165) is 16.8 Å². The van der Waals surface area contributed by atoms with Crippen molar-refractivity contribution in [3.8, 4) is 11.5 Å². The Hall–Kier alpha value is -4.77. The zero-order chi connectivity index (χ0) is 26.3. The van der Waals surface area contributed by atoms with E-state index < -0.39 is 6.04 Å². The number of benzene rings is 2. The number of aliphatic hydroxyl groups excluding tert-OH is 1.